The third kappa shape index (κ3) is 1.82. The number of hydrogen-bond acceptors (Lipinski definition) is 1. The molecule has 2 rings (SSSR count). The van der Waals surface area contributed by atoms with Crippen molar-refractivity contribution in [3.05, 3.63) is 28.8 Å². The maximum Gasteiger partial charge on any atom is 0.196 e. The van der Waals surface area contributed by atoms with Crippen molar-refractivity contribution in [3.8, 4) is 0 Å². The summed E-state index contributed by atoms with van der Waals surface area (Å²) in [4.78, 5) is 4.43. The molecule has 1 saturated heterocycles. The molecule has 0 bridgehead atoms. The zero-order chi connectivity index (χ0) is 9.97. The molecule has 2 N–H and O–H groups in total. The molecule has 0 atom stereocenters. The minimum atomic E-state index is 0.754. The van der Waals surface area contributed by atoms with E-state index in [1.807, 2.05) is 25.1 Å². The predicted molar refractivity (Wildman–Crippen MR) is 59.3 cm³/mol. The van der Waals surface area contributed by atoms with Crippen LogP contribution in [0, 0.1) is 6.92 Å². The Labute approximate surface area is 88.2 Å². The van der Waals surface area contributed by atoms with Gasteiger partial charge in [-0.2, -0.15) is 0 Å². The number of rotatable bonds is 1. The molecule has 0 amide bonds. The Hall–Kier alpha value is -1.22. The number of nitrogens with zero attached hydrogens (tertiary/aromatic N) is 1. The van der Waals surface area contributed by atoms with E-state index >= 15 is 0 Å². The lowest BCUT2D eigenvalue weighted by molar-refractivity contribution is 0.942. The second-order valence-electron chi connectivity index (χ2n) is 3.20. The van der Waals surface area contributed by atoms with Crippen LogP contribution in [-0.4, -0.2) is 19.0 Å². The highest BCUT2D eigenvalue weighted by atomic mass is 35.5. The Morgan fingerprint density at radius 2 is 2.00 bits per heavy atom. The first kappa shape index (κ1) is 9.34. The highest BCUT2D eigenvalue weighted by molar-refractivity contribution is 6.31. The number of aliphatic imine (C=N–C) groups is 1. The van der Waals surface area contributed by atoms with Crippen molar-refractivity contribution in [2.45, 2.75) is 6.92 Å². The lowest BCUT2D eigenvalue weighted by atomic mass is 10.2. The van der Waals surface area contributed by atoms with Crippen LogP contribution in [0.1, 0.15) is 5.56 Å². The maximum atomic E-state index is 5.99. The summed E-state index contributed by atoms with van der Waals surface area (Å²) in [5, 5.41) is 7.05. The third-order valence-electron chi connectivity index (χ3n) is 2.18. The van der Waals surface area contributed by atoms with E-state index in [1.54, 1.807) is 0 Å². The Balaban J connectivity index is 2.32. The Kier molecular flexibility index (Phi) is 2.59. The van der Waals surface area contributed by atoms with E-state index in [1.165, 1.54) is 0 Å². The molecule has 1 aromatic rings. The quantitative estimate of drug-likeness (QED) is 0.741. The van der Waals surface area contributed by atoms with Gasteiger partial charge in [-0.1, -0.05) is 17.7 Å². The van der Waals surface area contributed by atoms with Gasteiger partial charge in [0, 0.05) is 18.1 Å². The minimum absolute atomic E-state index is 0.754. The van der Waals surface area contributed by atoms with Gasteiger partial charge in [0.25, 0.3) is 0 Å². The second kappa shape index (κ2) is 3.88. The number of nitrogens with one attached hydrogen (secondary N) is 2. The second-order valence-corrected chi connectivity index (χ2v) is 3.61. The maximum absolute atomic E-state index is 5.99. The molecule has 3 nitrogen and oxygen atoms in total. The lowest BCUT2D eigenvalue weighted by Crippen LogP contribution is -2.23. The van der Waals surface area contributed by atoms with Crippen LogP contribution in [0.15, 0.2) is 23.2 Å². The van der Waals surface area contributed by atoms with Crippen molar-refractivity contribution < 1.29 is 0 Å². The number of halogens is 1. The summed E-state index contributed by atoms with van der Waals surface area (Å²) in [6, 6.07) is 5.73. The standard InChI is InChI=1S/C10H12ClN3/c1-7-8(11)3-2-4-9(7)14-10-12-5-6-13-10/h2-4H,5-6H2,1H3,(H2,12,13,14). The molecule has 4 heteroatoms. The monoisotopic (exact) mass is 209 g/mol. The fourth-order valence-electron chi connectivity index (χ4n) is 1.34. The third-order valence-corrected chi connectivity index (χ3v) is 2.59. The molecule has 1 heterocycles. The minimum Gasteiger partial charge on any atom is -0.354 e. The molecule has 0 spiro atoms. The van der Waals surface area contributed by atoms with E-state index in [4.69, 9.17) is 11.6 Å². The highest BCUT2D eigenvalue weighted by Crippen LogP contribution is 2.25. The van der Waals surface area contributed by atoms with E-state index in [0.717, 1.165) is 35.3 Å². The average molecular weight is 210 g/mol. The van der Waals surface area contributed by atoms with Crippen LogP contribution in [0.25, 0.3) is 0 Å². The molecule has 1 aromatic carbocycles. The van der Waals surface area contributed by atoms with Crippen LogP contribution in [0.5, 0.6) is 0 Å². The molecule has 74 valence electrons. The van der Waals surface area contributed by atoms with Gasteiger partial charge in [0.1, 0.15) is 0 Å². The fourth-order valence-corrected chi connectivity index (χ4v) is 1.51. The summed E-state index contributed by atoms with van der Waals surface area (Å²) >= 11 is 5.99. The largest absolute Gasteiger partial charge is 0.354 e. The Morgan fingerprint density at radius 1 is 1.29 bits per heavy atom. The highest BCUT2D eigenvalue weighted by Gasteiger charge is 2.06. The number of guanidine groups is 1. The van der Waals surface area contributed by atoms with E-state index in [2.05, 4.69) is 15.6 Å². The first-order valence-corrected chi connectivity index (χ1v) is 4.97. The summed E-state index contributed by atoms with van der Waals surface area (Å²) in [5.74, 6) is 0.829. The van der Waals surface area contributed by atoms with Crippen LogP contribution in [0.4, 0.5) is 5.69 Å². The normalized spacial score (nSPS) is 14.9. The molecule has 0 unspecified atom stereocenters. The smallest absolute Gasteiger partial charge is 0.196 e. The fraction of sp³-hybridized carbons (Fsp3) is 0.300. The summed E-state index contributed by atoms with van der Waals surface area (Å²) in [6.07, 6.45) is 0. The van der Waals surface area contributed by atoms with Crippen LogP contribution < -0.4 is 10.6 Å². The first-order valence-electron chi connectivity index (χ1n) is 4.59. The summed E-state index contributed by atoms with van der Waals surface area (Å²) in [6.45, 7) is 3.83. The van der Waals surface area contributed by atoms with Gasteiger partial charge < -0.3 is 10.6 Å². The zero-order valence-electron chi connectivity index (χ0n) is 7.97. The van der Waals surface area contributed by atoms with Gasteiger partial charge in [0.2, 0.25) is 0 Å². The van der Waals surface area contributed by atoms with Gasteiger partial charge in [0.05, 0.1) is 5.69 Å². The van der Waals surface area contributed by atoms with Crippen molar-refractivity contribution >= 4 is 23.2 Å². The molecule has 0 saturated carbocycles. The Morgan fingerprint density at radius 3 is 2.71 bits per heavy atom. The summed E-state index contributed by atoms with van der Waals surface area (Å²) in [5.41, 5.74) is 1.92. The topological polar surface area (TPSA) is 36.4 Å². The van der Waals surface area contributed by atoms with Crippen LogP contribution >= 0.6 is 11.6 Å². The van der Waals surface area contributed by atoms with Gasteiger partial charge in [-0.25, -0.2) is 4.99 Å². The molecular formula is C10H12ClN3. The van der Waals surface area contributed by atoms with Gasteiger partial charge in [-0.3, -0.25) is 0 Å². The Bertz CT molecular complexity index is 366. The molecule has 0 radical (unpaired) electrons. The first-order chi connectivity index (χ1) is 6.77. The molecule has 1 aliphatic rings. The molecule has 0 aliphatic carbocycles. The molecule has 14 heavy (non-hydrogen) atoms. The van der Waals surface area contributed by atoms with E-state index < -0.39 is 0 Å². The van der Waals surface area contributed by atoms with Crippen molar-refractivity contribution in [2.75, 3.05) is 13.1 Å². The van der Waals surface area contributed by atoms with Gasteiger partial charge in [0.15, 0.2) is 5.96 Å². The molecule has 0 aromatic heterocycles. The number of hydrogen-bond donors (Lipinski definition) is 2. The van der Waals surface area contributed by atoms with E-state index in [-0.39, 0.29) is 0 Å². The van der Waals surface area contributed by atoms with E-state index in [0.29, 0.717) is 0 Å². The lowest BCUT2D eigenvalue weighted by Gasteiger charge is -2.03. The van der Waals surface area contributed by atoms with Gasteiger partial charge in [-0.05, 0) is 24.6 Å². The van der Waals surface area contributed by atoms with E-state index in [9.17, 15) is 0 Å². The van der Waals surface area contributed by atoms with Crippen LogP contribution in [-0.2, 0) is 0 Å². The van der Waals surface area contributed by atoms with Crippen molar-refractivity contribution in [1.82, 2.24) is 10.6 Å². The van der Waals surface area contributed by atoms with Gasteiger partial charge in [-0.15, -0.1) is 0 Å². The average Bonchev–Trinajstić information content (AvgIpc) is 2.66. The molecule has 1 aliphatic heterocycles. The van der Waals surface area contributed by atoms with Crippen molar-refractivity contribution in [1.29, 1.82) is 0 Å². The van der Waals surface area contributed by atoms with Crippen LogP contribution in [0.3, 0.4) is 0 Å². The van der Waals surface area contributed by atoms with Gasteiger partial charge >= 0.3 is 0 Å². The zero-order valence-corrected chi connectivity index (χ0v) is 8.73. The van der Waals surface area contributed by atoms with Crippen molar-refractivity contribution in [3.63, 3.8) is 0 Å². The number of benzene rings is 1. The predicted octanol–water partition coefficient (Wildman–Crippen LogP) is 1.83. The SMILES string of the molecule is Cc1c(Cl)cccc1N=C1NCCN1. The van der Waals surface area contributed by atoms with Crippen LogP contribution in [0.2, 0.25) is 5.02 Å². The molecule has 1 fully saturated rings. The summed E-state index contributed by atoms with van der Waals surface area (Å²) in [7, 11) is 0. The summed E-state index contributed by atoms with van der Waals surface area (Å²) < 4.78 is 0. The van der Waals surface area contributed by atoms with Crippen molar-refractivity contribution in [2.24, 2.45) is 4.99 Å². The molecular weight excluding hydrogens is 198 g/mol.